The molecule has 208 valence electrons. The van der Waals surface area contributed by atoms with E-state index in [-0.39, 0.29) is 18.3 Å². The topological polar surface area (TPSA) is 65.8 Å². The lowest BCUT2D eigenvalue weighted by atomic mass is 9.81. The summed E-state index contributed by atoms with van der Waals surface area (Å²) < 4.78 is 2.35. The molecule has 7 heteroatoms. The first-order valence-corrected chi connectivity index (χ1v) is 14.6. The monoisotopic (exact) mass is 549 g/mol. The minimum atomic E-state index is -0.894. The number of likely N-dealkylation sites (tertiary alicyclic amines) is 1. The maximum Gasteiger partial charge on any atom is 0.335 e. The normalized spacial score (nSPS) is 19.7. The van der Waals surface area contributed by atoms with Gasteiger partial charge in [-0.15, -0.1) is 12.4 Å². The summed E-state index contributed by atoms with van der Waals surface area (Å²) in [5.41, 5.74) is 6.21. The molecule has 0 bridgehead atoms. The van der Waals surface area contributed by atoms with Crippen molar-refractivity contribution in [2.45, 2.75) is 70.8 Å². The van der Waals surface area contributed by atoms with Crippen LogP contribution in [0.4, 0.5) is 5.69 Å². The van der Waals surface area contributed by atoms with Crippen LogP contribution >= 0.6 is 12.4 Å². The van der Waals surface area contributed by atoms with Gasteiger partial charge in [0.2, 0.25) is 5.91 Å². The highest BCUT2D eigenvalue weighted by atomic mass is 35.5. The summed E-state index contributed by atoms with van der Waals surface area (Å²) in [5, 5.41) is 10.9. The lowest BCUT2D eigenvalue weighted by Crippen LogP contribution is -2.45. The maximum atomic E-state index is 13.5. The Morgan fingerprint density at radius 1 is 0.949 bits per heavy atom. The summed E-state index contributed by atoms with van der Waals surface area (Å²) >= 11 is 0. The molecular weight excluding hydrogens is 510 g/mol. The van der Waals surface area contributed by atoms with Crippen molar-refractivity contribution in [1.29, 1.82) is 0 Å². The van der Waals surface area contributed by atoms with Gasteiger partial charge in [0.05, 0.1) is 17.8 Å². The van der Waals surface area contributed by atoms with Gasteiger partial charge in [-0.2, -0.15) is 0 Å². The first-order chi connectivity index (χ1) is 18.5. The number of benzene rings is 2. The smallest absolute Gasteiger partial charge is 0.335 e. The number of carbonyl (C=O) groups is 2. The Bertz CT molecular complexity index is 1360. The number of nitrogens with zero attached hydrogens (tertiary/aromatic N) is 3. The molecular formula is C32H40ClN3O3. The Morgan fingerprint density at radius 2 is 1.74 bits per heavy atom. The average Bonchev–Trinajstić information content (AvgIpc) is 3.20. The second kappa shape index (κ2) is 11.6. The van der Waals surface area contributed by atoms with Gasteiger partial charge in [0.1, 0.15) is 0 Å². The van der Waals surface area contributed by atoms with Crippen molar-refractivity contribution in [2.24, 2.45) is 5.92 Å². The molecule has 0 radical (unpaired) electrons. The Balaban J connectivity index is 0.00000308. The summed E-state index contributed by atoms with van der Waals surface area (Å²) in [6.45, 7) is 5.78. The Labute approximate surface area is 237 Å². The zero-order valence-corrected chi connectivity index (χ0v) is 23.7. The fourth-order valence-corrected chi connectivity index (χ4v) is 7.18. The molecule has 1 saturated carbocycles. The van der Waals surface area contributed by atoms with E-state index in [4.69, 9.17) is 0 Å². The van der Waals surface area contributed by atoms with E-state index >= 15 is 0 Å². The van der Waals surface area contributed by atoms with Crippen molar-refractivity contribution in [2.75, 3.05) is 31.1 Å². The van der Waals surface area contributed by atoms with Crippen LogP contribution in [0.25, 0.3) is 22.2 Å². The largest absolute Gasteiger partial charge is 0.478 e. The quantitative estimate of drug-likeness (QED) is 0.374. The number of carboxylic acid groups (broad SMARTS) is 1. The van der Waals surface area contributed by atoms with E-state index in [1.807, 2.05) is 12.1 Å². The van der Waals surface area contributed by atoms with Gasteiger partial charge in [-0.25, -0.2) is 4.79 Å². The Hall–Kier alpha value is -2.99. The van der Waals surface area contributed by atoms with Crippen LogP contribution in [0, 0.1) is 5.92 Å². The molecule has 2 fully saturated rings. The van der Waals surface area contributed by atoms with E-state index in [0.717, 1.165) is 49.2 Å². The number of hydrogen-bond acceptors (Lipinski definition) is 3. The van der Waals surface area contributed by atoms with Crippen LogP contribution < -0.4 is 4.90 Å². The number of carboxylic acids is 1. The maximum absolute atomic E-state index is 13.5. The van der Waals surface area contributed by atoms with Gasteiger partial charge in [0, 0.05) is 48.3 Å². The number of para-hydroxylation sites is 1. The number of piperidine rings is 1. The fourth-order valence-electron chi connectivity index (χ4n) is 7.18. The predicted molar refractivity (Wildman–Crippen MR) is 159 cm³/mol. The zero-order valence-electron chi connectivity index (χ0n) is 22.9. The number of halogens is 1. The number of amides is 1. The van der Waals surface area contributed by atoms with E-state index < -0.39 is 5.97 Å². The van der Waals surface area contributed by atoms with Crippen molar-refractivity contribution in [3.8, 4) is 11.3 Å². The lowest BCUT2D eigenvalue weighted by Gasteiger charge is -2.34. The molecule has 1 aliphatic carbocycles. The number of hydrogen-bond donors (Lipinski definition) is 1. The summed E-state index contributed by atoms with van der Waals surface area (Å²) in [6.07, 6.45) is 9.54. The molecule has 1 unspecified atom stereocenters. The van der Waals surface area contributed by atoms with E-state index in [1.165, 1.54) is 55.2 Å². The molecule has 6 nitrogen and oxygen atoms in total. The predicted octanol–water partition coefficient (Wildman–Crippen LogP) is 6.94. The standard InChI is InChI=1S/C32H39N3O3.ClH/c1-2-22-9-8-16-34(20-22)29(36)21-33-17-18-35-28-19-24(32(37)38)14-15-25(28)30(23-10-4-3-5-11-23)31(35)26-12-6-7-13-27(26)33;/h6-7,12-15,19,22-23H,2-5,8-11,16-18,20-21H2,1H3,(H,37,38);1H. The van der Waals surface area contributed by atoms with Gasteiger partial charge in [0.25, 0.3) is 0 Å². The highest BCUT2D eigenvalue weighted by Gasteiger charge is 2.32. The molecule has 1 aromatic heterocycles. The van der Waals surface area contributed by atoms with E-state index in [2.05, 4.69) is 45.6 Å². The Morgan fingerprint density at radius 3 is 2.51 bits per heavy atom. The van der Waals surface area contributed by atoms with Crippen LogP contribution in [-0.4, -0.2) is 52.6 Å². The first-order valence-electron chi connectivity index (χ1n) is 14.6. The number of rotatable bonds is 5. The summed E-state index contributed by atoms with van der Waals surface area (Å²) in [7, 11) is 0. The first kappa shape index (κ1) is 27.6. The van der Waals surface area contributed by atoms with Gasteiger partial charge in [-0.05, 0) is 61.3 Å². The van der Waals surface area contributed by atoms with Crippen LogP contribution in [0.2, 0.25) is 0 Å². The second-order valence-corrected chi connectivity index (χ2v) is 11.5. The van der Waals surface area contributed by atoms with Gasteiger partial charge < -0.3 is 19.5 Å². The lowest BCUT2D eigenvalue weighted by molar-refractivity contribution is -0.131. The highest BCUT2D eigenvalue weighted by molar-refractivity contribution is 6.00. The summed E-state index contributed by atoms with van der Waals surface area (Å²) in [5.74, 6) is 0.404. The van der Waals surface area contributed by atoms with Gasteiger partial charge >= 0.3 is 5.97 Å². The van der Waals surface area contributed by atoms with Crippen molar-refractivity contribution in [3.05, 3.63) is 53.6 Å². The molecule has 1 amide bonds. The van der Waals surface area contributed by atoms with E-state index in [0.29, 0.717) is 30.5 Å². The van der Waals surface area contributed by atoms with Gasteiger partial charge in [-0.1, -0.05) is 56.9 Å². The third-order valence-electron chi connectivity index (χ3n) is 9.23. The molecule has 3 heterocycles. The van der Waals surface area contributed by atoms with Crippen molar-refractivity contribution in [3.63, 3.8) is 0 Å². The summed E-state index contributed by atoms with van der Waals surface area (Å²) in [4.78, 5) is 29.8. The number of aromatic nitrogens is 1. The molecule has 1 atom stereocenters. The number of anilines is 1. The number of aromatic carboxylic acids is 1. The fraction of sp³-hybridized carbons (Fsp3) is 0.500. The number of carbonyl (C=O) groups excluding carboxylic acids is 1. The third-order valence-corrected chi connectivity index (χ3v) is 9.23. The zero-order chi connectivity index (χ0) is 26.2. The molecule has 2 aliphatic heterocycles. The minimum absolute atomic E-state index is 0. The highest BCUT2D eigenvalue weighted by Crippen LogP contribution is 2.47. The van der Waals surface area contributed by atoms with Crippen molar-refractivity contribution >= 4 is 40.9 Å². The van der Waals surface area contributed by atoms with Crippen LogP contribution in [0.15, 0.2) is 42.5 Å². The van der Waals surface area contributed by atoms with Crippen molar-refractivity contribution < 1.29 is 14.7 Å². The Kier molecular flexibility index (Phi) is 8.22. The van der Waals surface area contributed by atoms with Gasteiger partial charge in [-0.3, -0.25) is 4.79 Å². The molecule has 0 spiro atoms. The molecule has 1 N–H and O–H groups in total. The van der Waals surface area contributed by atoms with Crippen LogP contribution in [0.1, 0.15) is 80.1 Å². The molecule has 3 aliphatic rings. The van der Waals surface area contributed by atoms with Crippen LogP contribution in [0.3, 0.4) is 0 Å². The van der Waals surface area contributed by atoms with Crippen LogP contribution in [-0.2, 0) is 11.3 Å². The molecule has 39 heavy (non-hydrogen) atoms. The molecule has 1 saturated heterocycles. The summed E-state index contributed by atoms with van der Waals surface area (Å²) in [6, 6.07) is 14.2. The molecule has 2 aromatic carbocycles. The number of fused-ring (bicyclic) bond motifs is 5. The van der Waals surface area contributed by atoms with E-state index in [9.17, 15) is 14.7 Å². The van der Waals surface area contributed by atoms with Gasteiger partial charge in [0.15, 0.2) is 0 Å². The van der Waals surface area contributed by atoms with Crippen molar-refractivity contribution in [1.82, 2.24) is 9.47 Å². The SMILES string of the molecule is CCC1CCCN(C(=O)CN2CCn3c(c(C4CCCCC4)c4ccc(C(=O)O)cc43)-c3ccccc32)C1.Cl. The molecule has 6 rings (SSSR count). The average molecular weight is 550 g/mol. The second-order valence-electron chi connectivity index (χ2n) is 11.5. The third kappa shape index (κ3) is 5.16. The minimum Gasteiger partial charge on any atom is -0.478 e. The molecule has 3 aromatic rings. The van der Waals surface area contributed by atoms with Crippen LogP contribution in [0.5, 0.6) is 0 Å². The van der Waals surface area contributed by atoms with E-state index in [1.54, 1.807) is 6.07 Å².